The van der Waals surface area contributed by atoms with Crippen molar-refractivity contribution < 1.29 is 14.3 Å². The van der Waals surface area contributed by atoms with E-state index in [0.29, 0.717) is 25.3 Å². The Kier molecular flexibility index (Phi) is 5.56. The molecule has 0 aliphatic heterocycles. The van der Waals surface area contributed by atoms with Crippen LogP contribution >= 0.6 is 0 Å². The van der Waals surface area contributed by atoms with Gasteiger partial charge in [-0.2, -0.15) is 0 Å². The van der Waals surface area contributed by atoms with Gasteiger partial charge in [-0.15, -0.1) is 0 Å². The van der Waals surface area contributed by atoms with E-state index >= 15 is 0 Å². The molecule has 130 valence electrons. The molecule has 0 bridgehead atoms. The molecule has 0 atom stereocenters. The summed E-state index contributed by atoms with van der Waals surface area (Å²) in [6.07, 6.45) is 2.75. The molecular weight excluding hydrogens is 310 g/mol. The normalized spacial score (nSPS) is 11.5. The maximum atomic E-state index is 12.4. The fourth-order valence-electron chi connectivity index (χ4n) is 2.15. The molecule has 0 saturated heterocycles. The second-order valence-corrected chi connectivity index (χ2v) is 6.44. The summed E-state index contributed by atoms with van der Waals surface area (Å²) in [4.78, 5) is 30.0. The van der Waals surface area contributed by atoms with Crippen molar-refractivity contribution in [1.82, 2.24) is 14.3 Å². The molecule has 2 rings (SSSR count). The third-order valence-electron chi connectivity index (χ3n) is 3.24. The molecule has 0 radical (unpaired) electrons. The Hall–Kier alpha value is -2.41. The monoisotopic (exact) mass is 333 g/mol. The van der Waals surface area contributed by atoms with Crippen molar-refractivity contribution in [2.24, 2.45) is 0 Å². The Morgan fingerprint density at radius 1 is 1.29 bits per heavy atom. The lowest BCUT2D eigenvalue weighted by atomic mass is 10.2. The highest BCUT2D eigenvalue weighted by atomic mass is 16.6. The predicted molar refractivity (Wildman–Crippen MR) is 90.0 cm³/mol. The predicted octanol–water partition coefficient (Wildman–Crippen LogP) is 2.08. The molecule has 0 aromatic carbocycles. The molecule has 0 aliphatic rings. The van der Waals surface area contributed by atoms with Crippen LogP contribution in [0.25, 0.3) is 5.65 Å². The van der Waals surface area contributed by atoms with Gasteiger partial charge in [-0.05, 0) is 32.4 Å². The highest BCUT2D eigenvalue weighted by Crippen LogP contribution is 2.13. The van der Waals surface area contributed by atoms with Crippen LogP contribution in [0.2, 0.25) is 0 Å². The van der Waals surface area contributed by atoms with Gasteiger partial charge < -0.3 is 14.4 Å². The number of nitrogens with zero attached hydrogens (tertiary/aromatic N) is 3. The summed E-state index contributed by atoms with van der Waals surface area (Å²) >= 11 is 0. The van der Waals surface area contributed by atoms with Crippen LogP contribution in [0, 0.1) is 0 Å². The van der Waals surface area contributed by atoms with E-state index in [1.54, 1.807) is 24.3 Å². The fourth-order valence-corrected chi connectivity index (χ4v) is 2.15. The van der Waals surface area contributed by atoms with Gasteiger partial charge in [0.15, 0.2) is 0 Å². The van der Waals surface area contributed by atoms with Crippen LogP contribution in [0.15, 0.2) is 35.4 Å². The second-order valence-electron chi connectivity index (χ2n) is 6.44. The van der Waals surface area contributed by atoms with Crippen molar-refractivity contribution in [3.05, 3.63) is 46.5 Å². The lowest BCUT2D eigenvalue weighted by Gasteiger charge is -2.27. The molecule has 0 saturated carbocycles. The van der Waals surface area contributed by atoms with Crippen LogP contribution in [0.4, 0.5) is 4.79 Å². The topological polar surface area (TPSA) is 73.1 Å². The van der Waals surface area contributed by atoms with Crippen molar-refractivity contribution in [3.8, 4) is 0 Å². The molecule has 2 heterocycles. The Labute approximate surface area is 140 Å². The third kappa shape index (κ3) is 4.79. The quantitative estimate of drug-likeness (QED) is 0.837. The second kappa shape index (κ2) is 7.44. The van der Waals surface area contributed by atoms with E-state index in [9.17, 15) is 9.59 Å². The fraction of sp³-hybridized carbons (Fsp3) is 0.471. The number of hydrogen-bond donors (Lipinski definition) is 0. The van der Waals surface area contributed by atoms with Gasteiger partial charge in [0.05, 0.1) is 13.2 Å². The van der Waals surface area contributed by atoms with Crippen molar-refractivity contribution in [1.29, 1.82) is 0 Å². The first-order valence-electron chi connectivity index (χ1n) is 7.73. The Morgan fingerprint density at radius 2 is 2.04 bits per heavy atom. The molecule has 1 amide bonds. The zero-order valence-electron chi connectivity index (χ0n) is 14.5. The van der Waals surface area contributed by atoms with Gasteiger partial charge in [-0.1, -0.05) is 6.07 Å². The summed E-state index contributed by atoms with van der Waals surface area (Å²) in [6, 6.07) is 4.99. The number of methoxy groups -OCH3 is 1. The number of rotatable bonds is 5. The molecule has 7 nitrogen and oxygen atoms in total. The first-order valence-corrected chi connectivity index (χ1v) is 7.73. The number of carbonyl (C=O) groups excluding carboxylic acids is 1. The van der Waals surface area contributed by atoms with E-state index in [2.05, 4.69) is 4.98 Å². The lowest BCUT2D eigenvalue weighted by molar-refractivity contribution is 0.0183. The molecule has 0 unspecified atom stereocenters. The van der Waals surface area contributed by atoms with Gasteiger partial charge in [0.2, 0.25) is 0 Å². The van der Waals surface area contributed by atoms with Crippen molar-refractivity contribution in [3.63, 3.8) is 0 Å². The SMILES string of the molecule is COCCN(Cc1ccc2nccc(=O)n2c1)C(=O)OC(C)(C)C. The first kappa shape index (κ1) is 17.9. The van der Waals surface area contributed by atoms with E-state index < -0.39 is 11.7 Å². The Morgan fingerprint density at radius 3 is 2.71 bits per heavy atom. The molecule has 0 spiro atoms. The molecular formula is C17H23N3O4. The van der Waals surface area contributed by atoms with Crippen LogP contribution in [-0.4, -0.2) is 46.2 Å². The highest BCUT2D eigenvalue weighted by molar-refractivity contribution is 5.68. The largest absolute Gasteiger partial charge is 0.444 e. The van der Waals surface area contributed by atoms with E-state index in [-0.39, 0.29) is 5.56 Å². The summed E-state index contributed by atoms with van der Waals surface area (Å²) in [6.45, 7) is 6.57. The first-order chi connectivity index (χ1) is 11.3. The smallest absolute Gasteiger partial charge is 0.410 e. The highest BCUT2D eigenvalue weighted by Gasteiger charge is 2.22. The number of hydrogen-bond acceptors (Lipinski definition) is 5. The number of fused-ring (bicyclic) bond motifs is 1. The number of amides is 1. The van der Waals surface area contributed by atoms with Gasteiger partial charge in [0.25, 0.3) is 5.56 Å². The Balaban J connectivity index is 2.23. The van der Waals surface area contributed by atoms with Crippen molar-refractivity contribution >= 4 is 11.7 Å². The number of carbonyl (C=O) groups is 1. The molecule has 0 fully saturated rings. The molecule has 2 aromatic heterocycles. The van der Waals surface area contributed by atoms with E-state index in [1.165, 1.54) is 16.7 Å². The van der Waals surface area contributed by atoms with Gasteiger partial charge >= 0.3 is 6.09 Å². The summed E-state index contributed by atoms with van der Waals surface area (Å²) < 4.78 is 12.0. The number of ether oxygens (including phenoxy) is 2. The maximum Gasteiger partial charge on any atom is 0.410 e. The van der Waals surface area contributed by atoms with Crippen LogP contribution in [0.1, 0.15) is 26.3 Å². The summed E-state index contributed by atoms with van der Waals surface area (Å²) in [5, 5.41) is 0. The number of aromatic nitrogens is 2. The average Bonchev–Trinajstić information content (AvgIpc) is 2.50. The maximum absolute atomic E-state index is 12.4. The third-order valence-corrected chi connectivity index (χ3v) is 3.24. The summed E-state index contributed by atoms with van der Waals surface area (Å²) in [7, 11) is 1.58. The standard InChI is InChI=1S/C17H23N3O4/c1-17(2,3)24-16(22)19(9-10-23-4)11-13-5-6-14-18-8-7-15(21)20(14)12-13/h5-8,12H,9-11H2,1-4H3. The van der Waals surface area contributed by atoms with Gasteiger partial charge in [-0.25, -0.2) is 9.78 Å². The zero-order chi connectivity index (χ0) is 17.7. The van der Waals surface area contributed by atoms with Gasteiger partial charge in [-0.3, -0.25) is 9.20 Å². The van der Waals surface area contributed by atoms with E-state index in [1.807, 2.05) is 26.8 Å². The summed E-state index contributed by atoms with van der Waals surface area (Å²) in [5.41, 5.74) is 0.626. The zero-order valence-corrected chi connectivity index (χ0v) is 14.5. The minimum Gasteiger partial charge on any atom is -0.444 e. The molecule has 24 heavy (non-hydrogen) atoms. The summed E-state index contributed by atoms with van der Waals surface area (Å²) in [5.74, 6) is 0. The minimum atomic E-state index is -0.577. The minimum absolute atomic E-state index is 0.164. The van der Waals surface area contributed by atoms with Crippen molar-refractivity contribution in [2.45, 2.75) is 32.9 Å². The lowest BCUT2D eigenvalue weighted by Crippen LogP contribution is -2.38. The molecule has 0 aliphatic carbocycles. The van der Waals surface area contributed by atoms with E-state index in [4.69, 9.17) is 9.47 Å². The van der Waals surface area contributed by atoms with Crippen molar-refractivity contribution in [2.75, 3.05) is 20.3 Å². The molecule has 0 N–H and O–H groups in total. The van der Waals surface area contributed by atoms with Crippen LogP contribution in [0.3, 0.4) is 0 Å². The van der Waals surface area contributed by atoms with Crippen LogP contribution in [-0.2, 0) is 16.0 Å². The molecule has 7 heteroatoms. The van der Waals surface area contributed by atoms with Crippen LogP contribution in [0.5, 0.6) is 0 Å². The Bertz CT molecular complexity index is 764. The van der Waals surface area contributed by atoms with E-state index in [0.717, 1.165) is 5.56 Å². The average molecular weight is 333 g/mol. The molecule has 2 aromatic rings. The van der Waals surface area contributed by atoms with Gasteiger partial charge in [0, 0.05) is 32.1 Å². The number of pyridine rings is 1. The van der Waals surface area contributed by atoms with Crippen LogP contribution < -0.4 is 5.56 Å². The van der Waals surface area contributed by atoms with Gasteiger partial charge in [0.1, 0.15) is 11.2 Å².